The molecule has 0 unspecified atom stereocenters. The molecule has 0 aliphatic rings. The summed E-state index contributed by atoms with van der Waals surface area (Å²) < 4.78 is 61.4. The van der Waals surface area contributed by atoms with Crippen molar-refractivity contribution in [2.24, 2.45) is 0 Å². The Kier molecular flexibility index (Phi) is 5.84. The molecule has 0 spiro atoms. The van der Waals surface area contributed by atoms with Gasteiger partial charge in [-0.1, -0.05) is 0 Å². The fourth-order valence-corrected chi connectivity index (χ4v) is 4.28. The van der Waals surface area contributed by atoms with Gasteiger partial charge in [-0.15, -0.1) is 10.2 Å². The first-order valence-corrected chi connectivity index (χ1v) is 11.0. The minimum Gasteiger partial charge on any atom is -0.480 e. The zero-order valence-electron chi connectivity index (χ0n) is 16.2. The lowest BCUT2D eigenvalue weighted by atomic mass is 10.2. The number of methoxy groups -OCH3 is 1. The lowest BCUT2D eigenvalue weighted by Gasteiger charge is -2.13. The fourth-order valence-electron chi connectivity index (χ4n) is 2.79. The Morgan fingerprint density at radius 3 is 2.44 bits per heavy atom. The van der Waals surface area contributed by atoms with Crippen LogP contribution < -0.4 is 9.46 Å². The highest BCUT2D eigenvalue weighted by Crippen LogP contribution is 2.30. The molecular formula is C19H13BrF2N6O3S. The first kappa shape index (κ1) is 21.8. The van der Waals surface area contributed by atoms with Crippen molar-refractivity contribution in [3.8, 4) is 28.7 Å². The number of halogens is 3. The molecule has 9 nitrogen and oxygen atoms in total. The van der Waals surface area contributed by atoms with E-state index in [2.05, 4.69) is 41.0 Å². The van der Waals surface area contributed by atoms with E-state index in [0.717, 1.165) is 12.1 Å². The summed E-state index contributed by atoms with van der Waals surface area (Å²) in [7, 11) is -3.10. The highest BCUT2D eigenvalue weighted by Gasteiger charge is 2.22. The minimum atomic E-state index is -4.40. The van der Waals surface area contributed by atoms with Crippen LogP contribution in [0.3, 0.4) is 0 Å². The lowest BCUT2D eigenvalue weighted by Crippen LogP contribution is -2.16. The van der Waals surface area contributed by atoms with Gasteiger partial charge in [0.1, 0.15) is 27.9 Å². The first-order chi connectivity index (χ1) is 15.3. The second-order valence-corrected chi connectivity index (χ2v) is 8.74. The zero-order valence-corrected chi connectivity index (χ0v) is 18.6. The van der Waals surface area contributed by atoms with Crippen LogP contribution >= 0.6 is 16.1 Å². The maximum Gasteiger partial charge on any atom is 0.264 e. The van der Waals surface area contributed by atoms with Crippen molar-refractivity contribution in [2.75, 3.05) is 11.8 Å². The van der Waals surface area contributed by atoms with E-state index in [1.54, 1.807) is 28.1 Å². The summed E-state index contributed by atoms with van der Waals surface area (Å²) in [4.78, 5) is 7.52. The second-order valence-electron chi connectivity index (χ2n) is 6.33. The van der Waals surface area contributed by atoms with E-state index in [0.29, 0.717) is 28.8 Å². The molecule has 0 aliphatic carbocycles. The lowest BCUT2D eigenvalue weighted by molar-refractivity contribution is 0.400. The number of sulfonamides is 1. The van der Waals surface area contributed by atoms with Crippen LogP contribution in [0.1, 0.15) is 0 Å². The molecule has 0 saturated carbocycles. The van der Waals surface area contributed by atoms with E-state index >= 15 is 0 Å². The minimum absolute atomic E-state index is 0.0502. The van der Waals surface area contributed by atoms with Crippen LogP contribution in [0, 0.1) is 11.6 Å². The molecule has 13 heteroatoms. The van der Waals surface area contributed by atoms with Gasteiger partial charge in [-0.05, 0) is 30.3 Å². The predicted molar refractivity (Wildman–Crippen MR) is 115 cm³/mol. The molecule has 32 heavy (non-hydrogen) atoms. The summed E-state index contributed by atoms with van der Waals surface area (Å²) in [6.07, 6.45) is 4.71. The van der Waals surface area contributed by atoms with Crippen LogP contribution in [0.5, 0.6) is 5.88 Å². The smallest absolute Gasteiger partial charge is 0.264 e. The number of pyridine rings is 1. The zero-order chi connectivity index (χ0) is 22.9. The summed E-state index contributed by atoms with van der Waals surface area (Å²) in [5.74, 6) is -1.63. The van der Waals surface area contributed by atoms with Crippen molar-refractivity contribution in [3.05, 3.63) is 66.6 Å². The van der Waals surface area contributed by atoms with E-state index in [4.69, 9.17) is 4.74 Å². The third-order valence-electron chi connectivity index (χ3n) is 4.26. The Labute approximate surface area is 189 Å². The molecule has 4 aromatic rings. The van der Waals surface area contributed by atoms with Gasteiger partial charge in [-0.3, -0.25) is 8.32 Å². The Morgan fingerprint density at radius 2 is 1.81 bits per heavy atom. The molecule has 0 atom stereocenters. The van der Waals surface area contributed by atoms with Gasteiger partial charge in [-0.25, -0.2) is 27.2 Å². The number of rotatable bonds is 6. The van der Waals surface area contributed by atoms with E-state index in [-0.39, 0.29) is 11.6 Å². The monoisotopic (exact) mass is 522 g/mol. The van der Waals surface area contributed by atoms with Crippen LogP contribution in [-0.4, -0.2) is 39.3 Å². The number of aromatic nitrogens is 5. The number of anilines is 1. The molecule has 3 aromatic heterocycles. The Hall–Kier alpha value is -3.45. The molecule has 0 amide bonds. The van der Waals surface area contributed by atoms with Gasteiger partial charge in [0.2, 0.25) is 5.88 Å². The maximum absolute atomic E-state index is 14.0. The molecule has 1 aromatic carbocycles. The number of nitrogens with one attached hydrogen (secondary N) is 1. The summed E-state index contributed by atoms with van der Waals surface area (Å²) in [5.41, 5.74) is 1.26. The van der Waals surface area contributed by atoms with Gasteiger partial charge >= 0.3 is 0 Å². The predicted octanol–water partition coefficient (Wildman–Crippen LogP) is 3.65. The van der Waals surface area contributed by atoms with Crippen LogP contribution in [0.25, 0.3) is 22.8 Å². The van der Waals surface area contributed by atoms with Crippen LogP contribution in [0.15, 0.2) is 59.9 Å². The van der Waals surface area contributed by atoms with Gasteiger partial charge in [-0.2, -0.15) is 0 Å². The number of hydrogen-bond acceptors (Lipinski definition) is 7. The number of nitrogens with zero attached hydrogens (tertiary/aromatic N) is 5. The third kappa shape index (κ3) is 4.29. The first-order valence-electron chi connectivity index (χ1n) is 8.84. The highest BCUT2D eigenvalue weighted by atomic mass is 79.9. The Morgan fingerprint density at radius 1 is 1.06 bits per heavy atom. The Balaban J connectivity index is 1.68. The standard InChI is InChI=1S/C19H13BrF2N6O3S/c1-31-19-16(27-32(29,30)17-5-2-12(21)9-13(17)22)8-11(10-24-19)14-3-4-15(26-25-14)18-23-6-7-28(18)20/h2-10,27H,1H3. The van der Waals surface area contributed by atoms with Crippen LogP contribution in [-0.2, 0) is 10.0 Å². The summed E-state index contributed by atoms with van der Waals surface area (Å²) in [6.45, 7) is 0. The van der Waals surface area contributed by atoms with Crippen LogP contribution in [0.2, 0.25) is 0 Å². The van der Waals surface area contributed by atoms with Crippen molar-refractivity contribution in [1.82, 2.24) is 23.8 Å². The third-order valence-corrected chi connectivity index (χ3v) is 6.23. The second kappa shape index (κ2) is 8.59. The molecular weight excluding hydrogens is 510 g/mol. The maximum atomic E-state index is 14.0. The van der Waals surface area contributed by atoms with E-state index in [1.807, 2.05) is 0 Å². The molecule has 0 fully saturated rings. The number of imidazole rings is 1. The van der Waals surface area contributed by atoms with Crippen molar-refractivity contribution in [3.63, 3.8) is 0 Å². The SMILES string of the molecule is COc1ncc(-c2ccc(-c3nccn3Br)nn2)cc1NS(=O)(=O)c1ccc(F)cc1F. The van der Waals surface area contributed by atoms with Crippen molar-refractivity contribution >= 4 is 31.9 Å². The number of benzene rings is 1. The average Bonchev–Trinajstić information content (AvgIpc) is 3.19. The molecule has 0 bridgehead atoms. The highest BCUT2D eigenvalue weighted by molar-refractivity contribution is 9.08. The summed E-state index contributed by atoms with van der Waals surface area (Å²) >= 11 is 3.30. The summed E-state index contributed by atoms with van der Waals surface area (Å²) in [5, 5.41) is 8.26. The topological polar surface area (TPSA) is 112 Å². The fraction of sp³-hybridized carbons (Fsp3) is 0.0526. The van der Waals surface area contributed by atoms with Gasteiger partial charge in [0.15, 0.2) is 5.82 Å². The average molecular weight is 523 g/mol. The van der Waals surface area contributed by atoms with Crippen molar-refractivity contribution in [2.45, 2.75) is 4.90 Å². The van der Waals surface area contributed by atoms with Crippen molar-refractivity contribution < 1.29 is 21.9 Å². The number of hydrogen-bond donors (Lipinski definition) is 1. The van der Waals surface area contributed by atoms with Gasteiger partial charge in [0.05, 0.1) is 29.0 Å². The molecule has 4 rings (SSSR count). The molecule has 0 saturated heterocycles. The molecule has 3 heterocycles. The largest absolute Gasteiger partial charge is 0.480 e. The normalized spacial score (nSPS) is 11.4. The molecule has 0 aliphatic heterocycles. The molecule has 1 N–H and O–H groups in total. The molecule has 0 radical (unpaired) electrons. The van der Waals surface area contributed by atoms with Gasteiger partial charge in [0.25, 0.3) is 10.0 Å². The Bertz CT molecular complexity index is 1400. The van der Waals surface area contributed by atoms with Crippen LogP contribution in [0.4, 0.5) is 14.5 Å². The summed E-state index contributed by atoms with van der Waals surface area (Å²) in [6, 6.07) is 6.92. The van der Waals surface area contributed by atoms with Gasteiger partial charge < -0.3 is 4.74 Å². The number of ether oxygens (including phenoxy) is 1. The van der Waals surface area contributed by atoms with Crippen molar-refractivity contribution in [1.29, 1.82) is 0 Å². The van der Waals surface area contributed by atoms with E-state index in [1.165, 1.54) is 19.4 Å². The molecule has 164 valence electrons. The quantitative estimate of drug-likeness (QED) is 0.411. The van der Waals surface area contributed by atoms with E-state index in [9.17, 15) is 17.2 Å². The van der Waals surface area contributed by atoms with Gasteiger partial charge in [0, 0.05) is 30.2 Å². The van der Waals surface area contributed by atoms with E-state index < -0.39 is 26.6 Å².